The lowest BCUT2D eigenvalue weighted by Gasteiger charge is -2.29. The summed E-state index contributed by atoms with van der Waals surface area (Å²) in [5.74, 6) is 0.816. The minimum absolute atomic E-state index is 0.204. The van der Waals surface area contributed by atoms with Crippen LogP contribution in [-0.4, -0.2) is 0 Å². The standard InChI is InChI=1S/C42H48O2P2/c1-29(2)35-17-9-13-21-39(35)45(43,40-22-14-10-18-36(40)30(3)4)33-25-27-34(28-26-33)46(44,41-23-15-11-19-37(41)31(5)6)42-24-16-12-20-38(42)32(7)8/h9-32H,1-8H3. The van der Waals surface area contributed by atoms with Crippen molar-refractivity contribution < 1.29 is 9.13 Å². The highest BCUT2D eigenvalue weighted by Crippen LogP contribution is 2.49. The summed E-state index contributed by atoms with van der Waals surface area (Å²) >= 11 is 0. The minimum atomic E-state index is -3.32. The first kappa shape index (κ1) is 33.9. The summed E-state index contributed by atoms with van der Waals surface area (Å²) < 4.78 is 32.0. The average molecular weight is 647 g/mol. The van der Waals surface area contributed by atoms with Gasteiger partial charge in [0.2, 0.25) is 0 Å². The lowest BCUT2D eigenvalue weighted by atomic mass is 10.0. The van der Waals surface area contributed by atoms with Gasteiger partial charge >= 0.3 is 0 Å². The summed E-state index contributed by atoms with van der Waals surface area (Å²) in [5, 5.41) is 5.04. The summed E-state index contributed by atoms with van der Waals surface area (Å²) in [7, 11) is -6.63. The fourth-order valence-corrected chi connectivity index (χ4v) is 13.5. The van der Waals surface area contributed by atoms with E-state index in [2.05, 4.69) is 79.7 Å². The summed E-state index contributed by atoms with van der Waals surface area (Å²) in [6, 6.07) is 40.7. The summed E-state index contributed by atoms with van der Waals surface area (Å²) in [6.07, 6.45) is 0. The van der Waals surface area contributed by atoms with Gasteiger partial charge in [0.1, 0.15) is 0 Å². The van der Waals surface area contributed by atoms with Crippen LogP contribution in [0, 0.1) is 0 Å². The predicted molar refractivity (Wildman–Crippen MR) is 202 cm³/mol. The van der Waals surface area contributed by atoms with Crippen LogP contribution in [0.4, 0.5) is 0 Å². The number of rotatable bonds is 10. The molecule has 5 rings (SSSR count). The first-order valence-corrected chi connectivity index (χ1v) is 20.0. The van der Waals surface area contributed by atoms with E-state index in [0.29, 0.717) is 0 Å². The molecule has 46 heavy (non-hydrogen) atoms. The van der Waals surface area contributed by atoms with Crippen molar-refractivity contribution in [3.8, 4) is 0 Å². The van der Waals surface area contributed by atoms with Crippen LogP contribution in [0.1, 0.15) is 101 Å². The molecule has 0 aliphatic carbocycles. The second-order valence-corrected chi connectivity index (χ2v) is 19.0. The van der Waals surface area contributed by atoms with Gasteiger partial charge in [0.25, 0.3) is 0 Å². The normalized spacial score (nSPS) is 12.4. The van der Waals surface area contributed by atoms with E-state index in [0.717, 1.165) is 54.1 Å². The Balaban J connectivity index is 1.81. The molecule has 0 aromatic heterocycles. The second kappa shape index (κ2) is 13.7. The van der Waals surface area contributed by atoms with Crippen LogP contribution >= 0.6 is 14.3 Å². The maximum Gasteiger partial charge on any atom is 0.171 e. The molecule has 5 aromatic rings. The van der Waals surface area contributed by atoms with Gasteiger partial charge in [-0.25, -0.2) is 0 Å². The molecule has 0 fully saturated rings. The third-order valence-electron chi connectivity index (χ3n) is 9.17. The monoisotopic (exact) mass is 646 g/mol. The molecule has 0 heterocycles. The van der Waals surface area contributed by atoms with Crippen LogP contribution in [-0.2, 0) is 9.13 Å². The van der Waals surface area contributed by atoms with Crippen LogP contribution in [0.5, 0.6) is 0 Å². The molecule has 0 bridgehead atoms. The SMILES string of the molecule is CC(C)c1ccccc1P(=O)(c1ccc(P(=O)(c2ccccc2C(C)C)c2ccccc2C(C)C)cc1)c1ccccc1C(C)C. The molecule has 0 aliphatic heterocycles. The van der Waals surface area contributed by atoms with Gasteiger partial charge in [-0.2, -0.15) is 0 Å². The van der Waals surface area contributed by atoms with Crippen molar-refractivity contribution in [2.45, 2.75) is 79.1 Å². The smallest absolute Gasteiger partial charge is 0.171 e. The van der Waals surface area contributed by atoms with Crippen molar-refractivity contribution in [3.05, 3.63) is 144 Å². The van der Waals surface area contributed by atoms with Crippen LogP contribution in [0.15, 0.2) is 121 Å². The largest absolute Gasteiger partial charge is 0.309 e. The molecule has 0 spiro atoms. The molecule has 0 radical (unpaired) electrons. The number of hydrogen-bond donors (Lipinski definition) is 0. The van der Waals surface area contributed by atoms with Gasteiger partial charge in [-0.3, -0.25) is 0 Å². The van der Waals surface area contributed by atoms with E-state index in [1.165, 1.54) is 0 Å². The molecule has 0 N–H and O–H groups in total. The zero-order valence-electron chi connectivity index (χ0n) is 28.6. The highest BCUT2D eigenvalue weighted by molar-refractivity contribution is 7.86. The Labute approximate surface area is 277 Å². The number of benzene rings is 5. The fourth-order valence-electron chi connectivity index (χ4n) is 6.74. The van der Waals surface area contributed by atoms with Gasteiger partial charge in [0, 0.05) is 31.8 Å². The highest BCUT2D eigenvalue weighted by atomic mass is 31.2. The summed E-state index contributed by atoms with van der Waals surface area (Å²) in [4.78, 5) is 0. The van der Waals surface area contributed by atoms with E-state index in [-0.39, 0.29) is 23.7 Å². The van der Waals surface area contributed by atoms with Crippen molar-refractivity contribution in [1.82, 2.24) is 0 Å². The minimum Gasteiger partial charge on any atom is -0.309 e. The van der Waals surface area contributed by atoms with E-state index in [4.69, 9.17) is 0 Å². The van der Waals surface area contributed by atoms with Crippen molar-refractivity contribution in [3.63, 3.8) is 0 Å². The van der Waals surface area contributed by atoms with Crippen molar-refractivity contribution in [1.29, 1.82) is 0 Å². The fraction of sp³-hybridized carbons (Fsp3) is 0.286. The zero-order chi connectivity index (χ0) is 33.2. The Kier molecular flexibility index (Phi) is 10.1. The molecule has 0 amide bonds. The third-order valence-corrected chi connectivity index (χ3v) is 15.6. The molecular weight excluding hydrogens is 598 g/mol. The van der Waals surface area contributed by atoms with E-state index in [9.17, 15) is 0 Å². The first-order chi connectivity index (χ1) is 21.9. The topological polar surface area (TPSA) is 34.1 Å². The molecule has 5 aromatic carbocycles. The molecule has 2 nitrogen and oxygen atoms in total. The van der Waals surface area contributed by atoms with E-state index < -0.39 is 14.3 Å². The molecule has 0 saturated heterocycles. The average Bonchev–Trinajstić information content (AvgIpc) is 3.07. The van der Waals surface area contributed by atoms with Crippen LogP contribution in [0.25, 0.3) is 0 Å². The first-order valence-electron chi connectivity index (χ1n) is 16.6. The van der Waals surface area contributed by atoms with Crippen molar-refractivity contribution >= 4 is 46.1 Å². The van der Waals surface area contributed by atoms with Gasteiger partial charge in [0.05, 0.1) is 0 Å². The molecule has 4 heteroatoms. The van der Waals surface area contributed by atoms with Crippen molar-refractivity contribution in [2.75, 3.05) is 0 Å². The maximum absolute atomic E-state index is 16.0. The Bertz CT molecular complexity index is 1660. The molecule has 0 saturated carbocycles. The summed E-state index contributed by atoms with van der Waals surface area (Å²) in [6.45, 7) is 17.3. The van der Waals surface area contributed by atoms with Crippen LogP contribution in [0.2, 0.25) is 0 Å². The van der Waals surface area contributed by atoms with E-state index >= 15 is 9.13 Å². The molecular formula is C42H48O2P2. The van der Waals surface area contributed by atoms with Crippen molar-refractivity contribution in [2.24, 2.45) is 0 Å². The van der Waals surface area contributed by atoms with E-state index in [1.807, 2.05) is 97.1 Å². The maximum atomic E-state index is 16.0. The zero-order valence-corrected chi connectivity index (χ0v) is 30.4. The lowest BCUT2D eigenvalue weighted by molar-refractivity contribution is 0.590. The van der Waals surface area contributed by atoms with Gasteiger partial charge in [-0.05, 0) is 45.9 Å². The van der Waals surface area contributed by atoms with E-state index in [1.54, 1.807) is 0 Å². The Morgan fingerprint density at radius 1 is 0.326 bits per heavy atom. The molecule has 0 atom stereocenters. The Hall–Kier alpha value is -3.44. The van der Waals surface area contributed by atoms with Gasteiger partial charge in [0.15, 0.2) is 14.3 Å². The van der Waals surface area contributed by atoms with Gasteiger partial charge < -0.3 is 9.13 Å². The van der Waals surface area contributed by atoms with Gasteiger partial charge in [-0.15, -0.1) is 0 Å². The number of hydrogen-bond acceptors (Lipinski definition) is 2. The quantitative estimate of drug-likeness (QED) is 0.142. The van der Waals surface area contributed by atoms with Crippen LogP contribution < -0.4 is 31.8 Å². The Morgan fingerprint density at radius 3 is 0.717 bits per heavy atom. The Morgan fingerprint density at radius 2 is 0.522 bits per heavy atom. The highest BCUT2D eigenvalue weighted by Gasteiger charge is 2.38. The second-order valence-electron chi connectivity index (χ2n) is 13.6. The third kappa shape index (κ3) is 6.03. The predicted octanol–water partition coefficient (Wildman–Crippen LogP) is 9.46. The molecule has 238 valence electrons. The molecule has 0 aliphatic rings. The van der Waals surface area contributed by atoms with Gasteiger partial charge in [-0.1, -0.05) is 177 Å². The lowest BCUT2D eigenvalue weighted by Crippen LogP contribution is -2.32. The molecule has 0 unspecified atom stereocenters. The summed E-state index contributed by atoms with van der Waals surface area (Å²) in [5.41, 5.74) is 4.37. The van der Waals surface area contributed by atoms with Crippen LogP contribution in [0.3, 0.4) is 0 Å².